The minimum atomic E-state index is 0.492. The summed E-state index contributed by atoms with van der Waals surface area (Å²) in [6.45, 7) is 0. The Hall–Kier alpha value is -2.06. The highest BCUT2D eigenvalue weighted by Crippen LogP contribution is 2.27. The van der Waals surface area contributed by atoms with E-state index >= 15 is 0 Å². The van der Waals surface area contributed by atoms with Gasteiger partial charge in [-0.3, -0.25) is 0 Å². The van der Waals surface area contributed by atoms with E-state index in [0.29, 0.717) is 16.4 Å². The van der Waals surface area contributed by atoms with Crippen molar-refractivity contribution in [1.82, 2.24) is 4.98 Å². The molecule has 1 aromatic carbocycles. The number of nitrogens with zero attached hydrogens (tertiary/aromatic N) is 2. The van der Waals surface area contributed by atoms with E-state index in [-0.39, 0.29) is 0 Å². The molecule has 2 aromatic rings. The molecule has 1 heterocycles. The standard InChI is InChI=1S/C11H9N3OS/c1-15-10-3-2-7(4-8(10)5-12)9-6-16-11(13)14-9/h2-4,6H,1H3,(H2,13,14). The molecule has 5 heteroatoms. The van der Waals surface area contributed by atoms with E-state index < -0.39 is 0 Å². The van der Waals surface area contributed by atoms with Crippen molar-refractivity contribution in [2.75, 3.05) is 12.8 Å². The van der Waals surface area contributed by atoms with Crippen LogP contribution < -0.4 is 10.5 Å². The Morgan fingerprint density at radius 2 is 2.31 bits per heavy atom. The first-order valence-electron chi connectivity index (χ1n) is 4.54. The zero-order chi connectivity index (χ0) is 11.5. The van der Waals surface area contributed by atoms with Crippen LogP contribution in [-0.4, -0.2) is 12.1 Å². The molecule has 80 valence electrons. The molecule has 2 rings (SSSR count). The van der Waals surface area contributed by atoms with Crippen molar-refractivity contribution >= 4 is 16.5 Å². The number of benzene rings is 1. The minimum absolute atomic E-state index is 0.492. The van der Waals surface area contributed by atoms with Gasteiger partial charge in [0.1, 0.15) is 11.8 Å². The molecule has 0 atom stereocenters. The van der Waals surface area contributed by atoms with E-state index in [0.717, 1.165) is 11.3 Å². The van der Waals surface area contributed by atoms with Gasteiger partial charge >= 0.3 is 0 Å². The summed E-state index contributed by atoms with van der Waals surface area (Å²) in [4.78, 5) is 4.16. The summed E-state index contributed by atoms with van der Waals surface area (Å²) in [6, 6.07) is 7.43. The first-order chi connectivity index (χ1) is 7.74. The van der Waals surface area contributed by atoms with Crippen molar-refractivity contribution < 1.29 is 4.74 Å². The maximum absolute atomic E-state index is 8.95. The number of rotatable bonds is 2. The van der Waals surface area contributed by atoms with E-state index in [4.69, 9.17) is 15.7 Å². The summed E-state index contributed by atoms with van der Waals surface area (Å²) in [5.41, 5.74) is 7.70. The summed E-state index contributed by atoms with van der Waals surface area (Å²) in [5, 5.41) is 11.3. The van der Waals surface area contributed by atoms with Crippen molar-refractivity contribution in [2.45, 2.75) is 0 Å². The summed E-state index contributed by atoms with van der Waals surface area (Å²) in [7, 11) is 1.54. The molecule has 0 saturated heterocycles. The first-order valence-corrected chi connectivity index (χ1v) is 5.42. The molecule has 2 N–H and O–H groups in total. The van der Waals surface area contributed by atoms with Crippen molar-refractivity contribution in [3.63, 3.8) is 0 Å². The Labute approximate surface area is 96.9 Å². The molecule has 0 unspecified atom stereocenters. The fourth-order valence-corrected chi connectivity index (χ4v) is 1.95. The Morgan fingerprint density at radius 1 is 1.50 bits per heavy atom. The number of nitriles is 1. The van der Waals surface area contributed by atoms with E-state index in [1.54, 1.807) is 12.1 Å². The lowest BCUT2D eigenvalue weighted by Crippen LogP contribution is -1.89. The summed E-state index contributed by atoms with van der Waals surface area (Å²) in [6.07, 6.45) is 0. The van der Waals surface area contributed by atoms with Gasteiger partial charge in [0.2, 0.25) is 0 Å². The molecule has 0 saturated carbocycles. The molecule has 0 aliphatic carbocycles. The second kappa shape index (κ2) is 4.21. The minimum Gasteiger partial charge on any atom is -0.495 e. The number of aromatic nitrogens is 1. The van der Waals surface area contributed by atoms with Gasteiger partial charge in [-0.05, 0) is 18.2 Å². The second-order valence-corrected chi connectivity index (χ2v) is 3.99. The average Bonchev–Trinajstić information content (AvgIpc) is 2.75. The Kier molecular flexibility index (Phi) is 2.75. The third-order valence-electron chi connectivity index (χ3n) is 2.14. The van der Waals surface area contributed by atoms with Crippen LogP contribution in [0.25, 0.3) is 11.3 Å². The summed E-state index contributed by atoms with van der Waals surface area (Å²) < 4.78 is 5.07. The lowest BCUT2D eigenvalue weighted by Gasteiger charge is -2.03. The molecule has 16 heavy (non-hydrogen) atoms. The largest absolute Gasteiger partial charge is 0.495 e. The zero-order valence-electron chi connectivity index (χ0n) is 8.60. The number of thiazole rings is 1. The predicted octanol–water partition coefficient (Wildman–Crippen LogP) is 2.27. The maximum Gasteiger partial charge on any atom is 0.180 e. The number of ether oxygens (including phenoxy) is 1. The molecule has 0 aliphatic rings. The van der Waals surface area contributed by atoms with Crippen molar-refractivity contribution in [1.29, 1.82) is 5.26 Å². The smallest absolute Gasteiger partial charge is 0.180 e. The number of nitrogens with two attached hydrogens (primary N) is 1. The van der Waals surface area contributed by atoms with Crippen LogP contribution in [0.4, 0.5) is 5.13 Å². The molecule has 0 amide bonds. The van der Waals surface area contributed by atoms with Crippen LogP contribution in [0.1, 0.15) is 5.56 Å². The van der Waals surface area contributed by atoms with Crippen LogP contribution in [0.2, 0.25) is 0 Å². The van der Waals surface area contributed by atoms with Crippen molar-refractivity contribution in [3.05, 3.63) is 29.1 Å². The van der Waals surface area contributed by atoms with Gasteiger partial charge in [0, 0.05) is 10.9 Å². The van der Waals surface area contributed by atoms with Gasteiger partial charge in [-0.2, -0.15) is 5.26 Å². The van der Waals surface area contributed by atoms with Gasteiger partial charge in [0.05, 0.1) is 18.4 Å². The Bertz CT molecular complexity index is 557. The van der Waals surface area contributed by atoms with E-state index in [2.05, 4.69) is 11.1 Å². The van der Waals surface area contributed by atoms with Crippen LogP contribution >= 0.6 is 11.3 Å². The maximum atomic E-state index is 8.95. The van der Waals surface area contributed by atoms with E-state index in [9.17, 15) is 0 Å². The molecule has 1 aromatic heterocycles. The third-order valence-corrected chi connectivity index (χ3v) is 2.81. The van der Waals surface area contributed by atoms with E-state index in [1.165, 1.54) is 18.4 Å². The van der Waals surface area contributed by atoms with Gasteiger partial charge in [0.25, 0.3) is 0 Å². The van der Waals surface area contributed by atoms with Gasteiger partial charge in [-0.15, -0.1) is 11.3 Å². The van der Waals surface area contributed by atoms with Crippen molar-refractivity contribution in [2.24, 2.45) is 0 Å². The second-order valence-electron chi connectivity index (χ2n) is 3.10. The van der Waals surface area contributed by atoms with Crippen molar-refractivity contribution in [3.8, 4) is 23.1 Å². The van der Waals surface area contributed by atoms with Gasteiger partial charge in [-0.25, -0.2) is 4.98 Å². The SMILES string of the molecule is COc1ccc(-c2csc(N)n2)cc1C#N. The molecule has 0 radical (unpaired) electrons. The van der Waals surface area contributed by atoms with Crippen LogP contribution in [0.15, 0.2) is 23.6 Å². The number of methoxy groups -OCH3 is 1. The van der Waals surface area contributed by atoms with Crippen LogP contribution in [-0.2, 0) is 0 Å². The Balaban J connectivity index is 2.48. The fraction of sp³-hybridized carbons (Fsp3) is 0.0909. The molecule has 0 bridgehead atoms. The monoisotopic (exact) mass is 231 g/mol. The molecule has 0 aliphatic heterocycles. The molecule has 0 spiro atoms. The quantitative estimate of drug-likeness (QED) is 0.860. The number of nitrogen functional groups attached to an aromatic ring is 1. The Morgan fingerprint density at radius 3 is 2.88 bits per heavy atom. The van der Waals surface area contributed by atoms with Crippen LogP contribution in [0.3, 0.4) is 0 Å². The first kappa shape index (κ1) is 10.5. The number of hydrogen-bond donors (Lipinski definition) is 1. The molecule has 4 nitrogen and oxygen atoms in total. The normalized spacial score (nSPS) is 9.75. The number of anilines is 1. The highest BCUT2D eigenvalue weighted by atomic mass is 32.1. The topological polar surface area (TPSA) is 71.9 Å². The van der Waals surface area contributed by atoms with E-state index in [1.807, 2.05) is 11.4 Å². The average molecular weight is 231 g/mol. The number of hydrogen-bond acceptors (Lipinski definition) is 5. The van der Waals surface area contributed by atoms with Gasteiger partial charge in [-0.1, -0.05) is 0 Å². The van der Waals surface area contributed by atoms with Crippen LogP contribution in [0.5, 0.6) is 5.75 Å². The molecular weight excluding hydrogens is 222 g/mol. The molecular formula is C11H9N3OS. The fourth-order valence-electron chi connectivity index (χ4n) is 1.37. The highest BCUT2D eigenvalue weighted by Gasteiger charge is 2.07. The van der Waals surface area contributed by atoms with Gasteiger partial charge in [0.15, 0.2) is 5.13 Å². The summed E-state index contributed by atoms with van der Waals surface area (Å²) in [5.74, 6) is 0.564. The predicted molar refractivity (Wildman–Crippen MR) is 63.2 cm³/mol. The van der Waals surface area contributed by atoms with Crippen LogP contribution in [0, 0.1) is 11.3 Å². The molecule has 0 fully saturated rings. The summed E-state index contributed by atoms with van der Waals surface area (Å²) >= 11 is 1.38. The third kappa shape index (κ3) is 1.83. The lowest BCUT2D eigenvalue weighted by atomic mass is 10.1. The lowest BCUT2D eigenvalue weighted by molar-refractivity contribution is 0.413. The highest BCUT2D eigenvalue weighted by molar-refractivity contribution is 7.13. The zero-order valence-corrected chi connectivity index (χ0v) is 9.41. The van der Waals surface area contributed by atoms with Gasteiger partial charge < -0.3 is 10.5 Å².